The summed E-state index contributed by atoms with van der Waals surface area (Å²) in [6.45, 7) is 1.79. The Labute approximate surface area is 144 Å². The molecular formula is C16H17ClN6O. The van der Waals surface area contributed by atoms with Crippen LogP contribution in [0, 0.1) is 0 Å². The Morgan fingerprint density at radius 3 is 2.83 bits per heavy atom. The van der Waals surface area contributed by atoms with Gasteiger partial charge in [0, 0.05) is 25.5 Å². The van der Waals surface area contributed by atoms with Crippen LogP contribution in [-0.4, -0.2) is 37.0 Å². The summed E-state index contributed by atoms with van der Waals surface area (Å²) in [5, 5.41) is 10.9. The summed E-state index contributed by atoms with van der Waals surface area (Å²) >= 11 is 6.23. The van der Waals surface area contributed by atoms with Crippen molar-refractivity contribution in [3.05, 3.63) is 65.5 Å². The number of hydrogen-bond donors (Lipinski definition) is 1. The quantitative estimate of drug-likeness (QED) is 0.665. The number of aryl methyl sites for hydroxylation is 1. The van der Waals surface area contributed by atoms with Crippen molar-refractivity contribution in [3.63, 3.8) is 0 Å². The lowest BCUT2D eigenvalue weighted by Gasteiger charge is -2.05. The van der Waals surface area contributed by atoms with Crippen molar-refractivity contribution in [2.24, 2.45) is 0 Å². The Morgan fingerprint density at radius 1 is 1.25 bits per heavy atom. The van der Waals surface area contributed by atoms with Crippen LogP contribution in [0.4, 0.5) is 0 Å². The van der Waals surface area contributed by atoms with Gasteiger partial charge in [0.15, 0.2) is 10.8 Å². The van der Waals surface area contributed by atoms with Gasteiger partial charge in [-0.1, -0.05) is 47.1 Å². The average Bonchev–Trinajstić information content (AvgIpc) is 3.23. The minimum absolute atomic E-state index is 0.148. The first-order valence-corrected chi connectivity index (χ1v) is 7.98. The maximum absolute atomic E-state index is 12.2. The van der Waals surface area contributed by atoms with Gasteiger partial charge in [-0.25, -0.2) is 9.67 Å². The maximum Gasteiger partial charge on any atom is 0.275 e. The number of nitrogens with one attached hydrogen (secondary N) is 1. The van der Waals surface area contributed by atoms with Crippen LogP contribution in [0.25, 0.3) is 0 Å². The molecule has 0 fully saturated rings. The predicted molar refractivity (Wildman–Crippen MR) is 89.8 cm³/mol. The molecule has 124 valence electrons. The predicted octanol–water partition coefficient (Wildman–Crippen LogP) is 2.00. The molecule has 3 aromatic rings. The molecule has 0 saturated heterocycles. The Balaban J connectivity index is 1.53. The summed E-state index contributed by atoms with van der Waals surface area (Å²) in [4.78, 5) is 16.1. The van der Waals surface area contributed by atoms with E-state index in [1.165, 1.54) is 4.68 Å². The Hall–Kier alpha value is -2.67. The van der Waals surface area contributed by atoms with E-state index in [9.17, 15) is 4.79 Å². The molecule has 2 aromatic heterocycles. The van der Waals surface area contributed by atoms with Crippen LogP contribution in [0.15, 0.2) is 49.1 Å². The van der Waals surface area contributed by atoms with Crippen LogP contribution >= 0.6 is 11.6 Å². The maximum atomic E-state index is 12.2. The van der Waals surface area contributed by atoms with E-state index in [4.69, 9.17) is 11.6 Å². The molecule has 0 spiro atoms. The van der Waals surface area contributed by atoms with E-state index in [2.05, 4.69) is 20.6 Å². The molecule has 0 aliphatic rings. The van der Waals surface area contributed by atoms with Crippen molar-refractivity contribution < 1.29 is 4.79 Å². The van der Waals surface area contributed by atoms with Gasteiger partial charge in [-0.15, -0.1) is 5.10 Å². The van der Waals surface area contributed by atoms with Gasteiger partial charge in [0.25, 0.3) is 5.91 Å². The van der Waals surface area contributed by atoms with Gasteiger partial charge in [0.05, 0.1) is 12.9 Å². The van der Waals surface area contributed by atoms with Crippen molar-refractivity contribution in [1.29, 1.82) is 0 Å². The standard InChI is InChI=1S/C16H17ClN6O/c17-15-14(16(24)19-7-4-9-22-10-8-18-12-22)20-21-23(15)11-13-5-2-1-3-6-13/h1-3,5-6,8,10,12H,4,7,9,11H2,(H,19,24). The monoisotopic (exact) mass is 344 g/mol. The smallest absolute Gasteiger partial charge is 0.275 e. The number of imidazole rings is 1. The summed E-state index contributed by atoms with van der Waals surface area (Å²) in [5.41, 5.74) is 1.19. The highest BCUT2D eigenvalue weighted by Crippen LogP contribution is 2.14. The number of carbonyl (C=O) groups excluding carboxylic acids is 1. The largest absolute Gasteiger partial charge is 0.350 e. The number of halogens is 1. The normalized spacial score (nSPS) is 10.7. The number of carbonyl (C=O) groups is 1. The molecule has 0 bridgehead atoms. The highest BCUT2D eigenvalue weighted by atomic mass is 35.5. The molecule has 7 nitrogen and oxygen atoms in total. The Bertz CT molecular complexity index is 784. The Morgan fingerprint density at radius 2 is 2.08 bits per heavy atom. The van der Waals surface area contributed by atoms with E-state index < -0.39 is 0 Å². The molecule has 0 aliphatic heterocycles. The number of aromatic nitrogens is 5. The highest BCUT2D eigenvalue weighted by molar-refractivity contribution is 6.32. The second-order valence-electron chi connectivity index (χ2n) is 5.28. The zero-order valence-electron chi connectivity index (χ0n) is 13.0. The van der Waals surface area contributed by atoms with Crippen molar-refractivity contribution in [1.82, 2.24) is 29.9 Å². The number of rotatable bonds is 7. The molecule has 0 unspecified atom stereocenters. The van der Waals surface area contributed by atoms with Crippen molar-refractivity contribution in [3.8, 4) is 0 Å². The minimum Gasteiger partial charge on any atom is -0.350 e. The average molecular weight is 345 g/mol. The van der Waals surface area contributed by atoms with E-state index in [0.717, 1.165) is 18.5 Å². The van der Waals surface area contributed by atoms with Gasteiger partial charge in [0.2, 0.25) is 0 Å². The third kappa shape index (κ3) is 3.99. The topological polar surface area (TPSA) is 77.6 Å². The molecule has 0 aliphatic carbocycles. The Kier molecular flexibility index (Phi) is 5.22. The molecule has 1 amide bonds. The molecule has 24 heavy (non-hydrogen) atoms. The fraction of sp³-hybridized carbons (Fsp3) is 0.250. The zero-order valence-corrected chi connectivity index (χ0v) is 13.7. The fourth-order valence-electron chi connectivity index (χ4n) is 2.26. The first-order valence-electron chi connectivity index (χ1n) is 7.61. The van der Waals surface area contributed by atoms with Crippen LogP contribution in [0.1, 0.15) is 22.5 Å². The molecule has 2 heterocycles. The van der Waals surface area contributed by atoms with E-state index in [1.807, 2.05) is 41.1 Å². The number of benzene rings is 1. The van der Waals surface area contributed by atoms with E-state index in [-0.39, 0.29) is 16.8 Å². The lowest BCUT2D eigenvalue weighted by atomic mass is 10.2. The summed E-state index contributed by atoms with van der Waals surface area (Å²) < 4.78 is 3.46. The molecule has 1 aromatic carbocycles. The minimum atomic E-state index is -0.315. The van der Waals surface area contributed by atoms with Crippen LogP contribution < -0.4 is 5.32 Å². The highest BCUT2D eigenvalue weighted by Gasteiger charge is 2.17. The molecule has 0 radical (unpaired) electrons. The van der Waals surface area contributed by atoms with Crippen LogP contribution in [0.5, 0.6) is 0 Å². The molecular weight excluding hydrogens is 328 g/mol. The SMILES string of the molecule is O=C(NCCCn1ccnc1)c1nnn(Cc2ccccc2)c1Cl. The second kappa shape index (κ2) is 7.74. The van der Waals surface area contributed by atoms with Gasteiger partial charge < -0.3 is 9.88 Å². The van der Waals surface area contributed by atoms with Crippen LogP contribution in [0.2, 0.25) is 5.15 Å². The van der Waals surface area contributed by atoms with Gasteiger partial charge >= 0.3 is 0 Å². The van der Waals surface area contributed by atoms with E-state index >= 15 is 0 Å². The molecule has 1 N–H and O–H groups in total. The van der Waals surface area contributed by atoms with Gasteiger partial charge in [0.1, 0.15) is 0 Å². The van der Waals surface area contributed by atoms with E-state index in [0.29, 0.717) is 13.1 Å². The fourth-order valence-corrected chi connectivity index (χ4v) is 2.48. The van der Waals surface area contributed by atoms with Gasteiger partial charge in [-0.2, -0.15) is 0 Å². The summed E-state index contributed by atoms with van der Waals surface area (Å²) in [6.07, 6.45) is 6.14. The number of nitrogens with zero attached hydrogens (tertiary/aromatic N) is 5. The van der Waals surface area contributed by atoms with Crippen molar-refractivity contribution in [2.45, 2.75) is 19.5 Å². The first-order chi connectivity index (χ1) is 11.7. The third-order valence-electron chi connectivity index (χ3n) is 3.50. The summed E-state index contributed by atoms with van der Waals surface area (Å²) in [6, 6.07) is 9.75. The molecule has 0 saturated carbocycles. The van der Waals surface area contributed by atoms with Crippen molar-refractivity contribution >= 4 is 17.5 Å². The summed E-state index contributed by atoms with van der Waals surface area (Å²) in [7, 11) is 0. The number of hydrogen-bond acceptors (Lipinski definition) is 4. The first kappa shape index (κ1) is 16.2. The molecule has 0 atom stereocenters. The zero-order chi connectivity index (χ0) is 16.8. The van der Waals surface area contributed by atoms with Crippen molar-refractivity contribution in [2.75, 3.05) is 6.54 Å². The number of amides is 1. The van der Waals surface area contributed by atoms with Gasteiger partial charge in [-0.3, -0.25) is 4.79 Å². The third-order valence-corrected chi connectivity index (χ3v) is 3.88. The second-order valence-corrected chi connectivity index (χ2v) is 5.64. The van der Waals surface area contributed by atoms with Gasteiger partial charge in [-0.05, 0) is 12.0 Å². The lowest BCUT2D eigenvalue weighted by Crippen LogP contribution is -2.26. The van der Waals surface area contributed by atoms with E-state index in [1.54, 1.807) is 12.5 Å². The molecule has 3 rings (SSSR count). The lowest BCUT2D eigenvalue weighted by molar-refractivity contribution is 0.0948. The summed E-state index contributed by atoms with van der Waals surface area (Å²) in [5.74, 6) is -0.315. The molecule has 8 heteroatoms. The van der Waals surface area contributed by atoms with Crippen LogP contribution in [0.3, 0.4) is 0 Å². The van der Waals surface area contributed by atoms with Crippen LogP contribution in [-0.2, 0) is 13.1 Å².